The molecule has 2 amide bonds. The van der Waals surface area contributed by atoms with Gasteiger partial charge in [-0.05, 0) is 37.1 Å². The number of primary amides is 1. The van der Waals surface area contributed by atoms with Gasteiger partial charge in [-0.2, -0.15) is 0 Å². The molecule has 3 atom stereocenters. The highest BCUT2D eigenvalue weighted by Gasteiger charge is 2.52. The van der Waals surface area contributed by atoms with Crippen molar-refractivity contribution in [1.29, 1.82) is 0 Å². The van der Waals surface area contributed by atoms with Crippen molar-refractivity contribution in [1.82, 2.24) is 4.90 Å². The lowest BCUT2D eigenvalue weighted by molar-refractivity contribution is -0.132. The summed E-state index contributed by atoms with van der Waals surface area (Å²) < 4.78 is 6.94. The fourth-order valence-electron chi connectivity index (χ4n) is 4.00. The number of rotatable bonds is 5. The lowest BCUT2D eigenvalue weighted by Crippen LogP contribution is -2.43. The Balaban J connectivity index is 1.39. The number of nitrogens with two attached hydrogens (primary N) is 1. The van der Waals surface area contributed by atoms with E-state index < -0.39 is 5.91 Å². The van der Waals surface area contributed by atoms with Gasteiger partial charge in [-0.25, -0.2) is 0 Å². The Hall–Kier alpha value is -2.34. The van der Waals surface area contributed by atoms with Crippen molar-refractivity contribution >= 4 is 27.7 Å². The first-order valence-electron chi connectivity index (χ1n) is 9.53. The van der Waals surface area contributed by atoms with E-state index in [0.29, 0.717) is 30.2 Å². The number of aryl methyl sites for hydroxylation is 1. The molecule has 2 fully saturated rings. The fourth-order valence-corrected chi connectivity index (χ4v) is 4.36. The van der Waals surface area contributed by atoms with Gasteiger partial charge in [-0.15, -0.1) is 0 Å². The number of fused-ring (bicyclic) bond motifs is 1. The monoisotopic (exact) mass is 442 g/mol. The molecule has 2 aliphatic rings. The zero-order valence-electron chi connectivity index (χ0n) is 15.7. The minimum Gasteiger partial charge on any atom is -0.489 e. The van der Waals surface area contributed by atoms with Crippen molar-refractivity contribution in [2.45, 2.75) is 38.3 Å². The molecule has 4 rings (SSSR count). The smallest absolute Gasteiger partial charge is 0.252 e. The zero-order chi connectivity index (χ0) is 19.8. The van der Waals surface area contributed by atoms with Gasteiger partial charge >= 0.3 is 0 Å². The Morgan fingerprint density at radius 3 is 2.68 bits per heavy atom. The van der Waals surface area contributed by atoms with Gasteiger partial charge in [0, 0.05) is 29.4 Å². The Kier molecular flexibility index (Phi) is 5.15. The number of halogens is 1. The molecule has 0 radical (unpaired) electrons. The summed E-state index contributed by atoms with van der Waals surface area (Å²) in [5.74, 6) is 0.511. The lowest BCUT2D eigenvalue weighted by atomic mass is 10.0. The molecule has 2 N–H and O–H groups in total. The third-order valence-corrected chi connectivity index (χ3v) is 6.11. The largest absolute Gasteiger partial charge is 0.489 e. The molecule has 0 bridgehead atoms. The summed E-state index contributed by atoms with van der Waals surface area (Å²) in [6.07, 6.45) is 2.16. The zero-order valence-corrected chi connectivity index (χ0v) is 17.3. The first-order valence-corrected chi connectivity index (χ1v) is 10.3. The van der Waals surface area contributed by atoms with Crippen molar-refractivity contribution in [3.05, 3.63) is 63.6 Å². The number of carbonyl (C=O) groups is 2. The van der Waals surface area contributed by atoms with Crippen LogP contribution in [0, 0.1) is 12.8 Å². The van der Waals surface area contributed by atoms with Gasteiger partial charge in [0.05, 0.1) is 12.0 Å². The van der Waals surface area contributed by atoms with Crippen LogP contribution in [-0.4, -0.2) is 35.4 Å². The van der Waals surface area contributed by atoms with E-state index in [2.05, 4.69) is 15.9 Å². The van der Waals surface area contributed by atoms with E-state index in [1.807, 2.05) is 42.2 Å². The molecule has 5 nitrogen and oxygen atoms in total. The normalized spacial score (nSPS) is 23.1. The van der Waals surface area contributed by atoms with Crippen LogP contribution in [-0.2, 0) is 11.2 Å². The number of piperidine rings is 1. The molecule has 1 aliphatic heterocycles. The third kappa shape index (κ3) is 3.92. The molecular weight excluding hydrogens is 420 g/mol. The predicted octanol–water partition coefficient (Wildman–Crippen LogP) is 3.47. The second kappa shape index (κ2) is 7.59. The number of carbonyl (C=O) groups excluding carboxylic acids is 2. The Labute approximate surface area is 173 Å². The summed E-state index contributed by atoms with van der Waals surface area (Å²) in [6.45, 7) is 2.72. The van der Waals surface area contributed by atoms with Gasteiger partial charge in [0.2, 0.25) is 5.91 Å². The average Bonchev–Trinajstić information content (AvgIpc) is 3.46. The van der Waals surface area contributed by atoms with Gasteiger partial charge in [0.15, 0.2) is 0 Å². The van der Waals surface area contributed by atoms with Crippen molar-refractivity contribution in [3.8, 4) is 5.75 Å². The standard InChI is InChI=1S/C22H23BrN2O3/c1-13-2-4-14(5-3-13)10-21(26)25-9-8-20(16-12-18(16)25)28-19-7-6-15(23)11-17(19)22(24)27/h2-7,11,16,18,20H,8-10,12H2,1H3,(H2,24,27). The molecule has 2 aromatic rings. The predicted molar refractivity (Wildman–Crippen MR) is 110 cm³/mol. The summed E-state index contributed by atoms with van der Waals surface area (Å²) >= 11 is 3.36. The number of hydrogen-bond donors (Lipinski definition) is 1. The van der Waals surface area contributed by atoms with Crippen LogP contribution in [0.3, 0.4) is 0 Å². The quantitative estimate of drug-likeness (QED) is 0.770. The number of benzene rings is 2. The van der Waals surface area contributed by atoms with Crippen LogP contribution in [0.15, 0.2) is 46.9 Å². The molecular formula is C22H23BrN2O3. The number of amides is 2. The first-order chi connectivity index (χ1) is 13.4. The molecule has 146 valence electrons. The minimum atomic E-state index is -0.505. The van der Waals surface area contributed by atoms with Crippen LogP contribution in [0.5, 0.6) is 5.75 Å². The van der Waals surface area contributed by atoms with Gasteiger partial charge in [-0.1, -0.05) is 45.8 Å². The summed E-state index contributed by atoms with van der Waals surface area (Å²) in [5.41, 5.74) is 8.11. The second-order valence-corrected chi connectivity index (χ2v) is 8.58. The third-order valence-electron chi connectivity index (χ3n) is 5.62. The van der Waals surface area contributed by atoms with Gasteiger partial charge in [0.25, 0.3) is 5.91 Å². The van der Waals surface area contributed by atoms with E-state index in [1.54, 1.807) is 12.1 Å². The maximum absolute atomic E-state index is 12.8. The molecule has 0 spiro atoms. The van der Waals surface area contributed by atoms with Crippen LogP contribution in [0.4, 0.5) is 0 Å². The first kappa shape index (κ1) is 19.0. The minimum absolute atomic E-state index is 0.00713. The number of likely N-dealkylation sites (tertiary alicyclic amines) is 1. The molecule has 2 aromatic carbocycles. The van der Waals surface area contributed by atoms with Crippen molar-refractivity contribution in [2.75, 3.05) is 6.54 Å². The number of hydrogen-bond acceptors (Lipinski definition) is 3. The van der Waals surface area contributed by atoms with E-state index in [4.69, 9.17) is 10.5 Å². The fraction of sp³-hybridized carbons (Fsp3) is 0.364. The van der Waals surface area contributed by atoms with E-state index >= 15 is 0 Å². The van der Waals surface area contributed by atoms with E-state index in [1.165, 1.54) is 5.56 Å². The average molecular weight is 443 g/mol. The van der Waals surface area contributed by atoms with Gasteiger partial charge in [0.1, 0.15) is 11.9 Å². The van der Waals surface area contributed by atoms with Crippen LogP contribution in [0.2, 0.25) is 0 Å². The highest BCUT2D eigenvalue weighted by atomic mass is 79.9. The molecule has 1 saturated heterocycles. The maximum Gasteiger partial charge on any atom is 0.252 e. The Bertz CT molecular complexity index is 912. The topological polar surface area (TPSA) is 72.6 Å². The molecule has 6 heteroatoms. The second-order valence-electron chi connectivity index (χ2n) is 7.67. The molecule has 1 aliphatic carbocycles. The molecule has 3 unspecified atom stereocenters. The highest BCUT2D eigenvalue weighted by molar-refractivity contribution is 9.10. The van der Waals surface area contributed by atoms with Crippen LogP contribution >= 0.6 is 15.9 Å². The summed E-state index contributed by atoms with van der Waals surface area (Å²) in [4.78, 5) is 26.5. The molecule has 0 aromatic heterocycles. The molecule has 28 heavy (non-hydrogen) atoms. The summed E-state index contributed by atoms with van der Waals surface area (Å²) in [6, 6.07) is 13.7. The Morgan fingerprint density at radius 2 is 1.96 bits per heavy atom. The molecule has 1 heterocycles. The van der Waals surface area contributed by atoms with Crippen molar-refractivity contribution in [3.63, 3.8) is 0 Å². The van der Waals surface area contributed by atoms with Crippen molar-refractivity contribution in [2.24, 2.45) is 11.7 Å². The SMILES string of the molecule is Cc1ccc(CC(=O)N2CCC(Oc3ccc(Br)cc3C(N)=O)C3CC32)cc1. The highest BCUT2D eigenvalue weighted by Crippen LogP contribution is 2.45. The van der Waals surface area contributed by atoms with Crippen LogP contribution in [0.1, 0.15) is 34.3 Å². The van der Waals surface area contributed by atoms with Crippen molar-refractivity contribution < 1.29 is 14.3 Å². The van der Waals surface area contributed by atoms with Crippen LogP contribution in [0.25, 0.3) is 0 Å². The maximum atomic E-state index is 12.8. The summed E-state index contributed by atoms with van der Waals surface area (Å²) in [5, 5.41) is 0. The van der Waals surface area contributed by atoms with Crippen LogP contribution < -0.4 is 10.5 Å². The van der Waals surface area contributed by atoms with E-state index in [0.717, 1.165) is 22.9 Å². The lowest BCUT2D eigenvalue weighted by Gasteiger charge is -2.32. The molecule has 1 saturated carbocycles. The Morgan fingerprint density at radius 1 is 1.21 bits per heavy atom. The number of ether oxygens (including phenoxy) is 1. The van der Waals surface area contributed by atoms with E-state index in [-0.39, 0.29) is 18.1 Å². The van der Waals surface area contributed by atoms with Gasteiger partial charge in [-0.3, -0.25) is 9.59 Å². The summed E-state index contributed by atoms with van der Waals surface area (Å²) in [7, 11) is 0. The number of nitrogens with zero attached hydrogens (tertiary/aromatic N) is 1. The van der Waals surface area contributed by atoms with Gasteiger partial charge < -0.3 is 15.4 Å². The van der Waals surface area contributed by atoms with E-state index in [9.17, 15) is 9.59 Å².